The maximum absolute atomic E-state index is 12.1. The summed E-state index contributed by atoms with van der Waals surface area (Å²) in [4.78, 5) is 24.0. The molecule has 0 bridgehead atoms. The minimum absolute atomic E-state index is 0.0506. The summed E-state index contributed by atoms with van der Waals surface area (Å²) in [7, 11) is 0. The van der Waals surface area contributed by atoms with Gasteiger partial charge in [0.25, 0.3) is 5.91 Å². The Morgan fingerprint density at radius 1 is 1.25 bits per heavy atom. The number of hydrogen-bond donors (Lipinski definition) is 2. The smallest absolute Gasteiger partial charge is 0.251 e. The van der Waals surface area contributed by atoms with Gasteiger partial charge in [0.1, 0.15) is 0 Å². The molecule has 2 aromatic rings. The summed E-state index contributed by atoms with van der Waals surface area (Å²) in [6.45, 7) is 1.06. The van der Waals surface area contributed by atoms with Crippen molar-refractivity contribution >= 4 is 39.3 Å². The van der Waals surface area contributed by atoms with Crippen molar-refractivity contribution in [2.24, 2.45) is 0 Å². The minimum atomic E-state index is -0.114. The molecule has 6 heteroatoms. The average molecular weight is 408 g/mol. The molecule has 124 valence electrons. The van der Waals surface area contributed by atoms with Crippen LogP contribution in [-0.4, -0.2) is 18.4 Å². The molecule has 2 N–H and O–H groups in total. The van der Waals surface area contributed by atoms with Crippen LogP contribution in [0.15, 0.2) is 40.9 Å². The fourth-order valence-corrected chi connectivity index (χ4v) is 3.28. The molecule has 2 amide bonds. The highest BCUT2D eigenvalue weighted by molar-refractivity contribution is 9.10. The zero-order valence-electron chi connectivity index (χ0n) is 12.9. The highest BCUT2D eigenvalue weighted by atomic mass is 79.9. The molecule has 3 rings (SSSR count). The lowest BCUT2D eigenvalue weighted by atomic mass is 9.98. The summed E-state index contributed by atoms with van der Waals surface area (Å²) < 4.78 is 0.885. The van der Waals surface area contributed by atoms with Crippen molar-refractivity contribution in [3.63, 3.8) is 0 Å². The molecule has 0 fully saturated rings. The first-order chi connectivity index (χ1) is 11.5. The van der Waals surface area contributed by atoms with Gasteiger partial charge in [-0.2, -0.15) is 0 Å². The lowest BCUT2D eigenvalue weighted by Crippen LogP contribution is -2.32. The minimum Gasteiger partial charge on any atom is -0.352 e. The Morgan fingerprint density at radius 3 is 2.92 bits per heavy atom. The average Bonchev–Trinajstić information content (AvgIpc) is 2.57. The SMILES string of the molecule is O=C(Cc1cc(Br)ccc1Cl)NCc1ccc2c(c1)C(=O)NCC2. The quantitative estimate of drug-likeness (QED) is 0.817. The Balaban J connectivity index is 1.63. The first-order valence-electron chi connectivity index (χ1n) is 7.63. The summed E-state index contributed by atoms with van der Waals surface area (Å²) >= 11 is 9.48. The third kappa shape index (κ3) is 3.97. The molecule has 1 heterocycles. The highest BCUT2D eigenvalue weighted by Gasteiger charge is 2.16. The second kappa shape index (κ2) is 7.36. The molecule has 1 aliphatic heterocycles. The number of rotatable bonds is 4. The van der Waals surface area contributed by atoms with Crippen LogP contribution in [0.2, 0.25) is 5.02 Å². The van der Waals surface area contributed by atoms with Gasteiger partial charge in [-0.3, -0.25) is 9.59 Å². The number of hydrogen-bond acceptors (Lipinski definition) is 2. The number of carbonyl (C=O) groups excluding carboxylic acids is 2. The van der Waals surface area contributed by atoms with E-state index in [0.717, 1.165) is 27.6 Å². The van der Waals surface area contributed by atoms with Gasteiger partial charge in [-0.1, -0.05) is 39.7 Å². The van der Waals surface area contributed by atoms with Crippen LogP contribution in [0.5, 0.6) is 0 Å². The molecule has 0 radical (unpaired) electrons. The van der Waals surface area contributed by atoms with Gasteiger partial charge in [0.05, 0.1) is 6.42 Å². The highest BCUT2D eigenvalue weighted by Crippen LogP contribution is 2.21. The molecular weight excluding hydrogens is 392 g/mol. The van der Waals surface area contributed by atoms with Crippen molar-refractivity contribution in [3.8, 4) is 0 Å². The van der Waals surface area contributed by atoms with Crippen molar-refractivity contribution in [1.82, 2.24) is 10.6 Å². The Hall–Kier alpha value is -1.85. The van der Waals surface area contributed by atoms with Crippen molar-refractivity contribution in [3.05, 3.63) is 68.1 Å². The zero-order chi connectivity index (χ0) is 17.1. The van der Waals surface area contributed by atoms with E-state index in [9.17, 15) is 9.59 Å². The predicted molar refractivity (Wildman–Crippen MR) is 97.2 cm³/mol. The van der Waals surface area contributed by atoms with Gasteiger partial charge in [-0.25, -0.2) is 0 Å². The monoisotopic (exact) mass is 406 g/mol. The predicted octanol–water partition coefficient (Wildman–Crippen LogP) is 3.25. The van der Waals surface area contributed by atoms with E-state index in [4.69, 9.17) is 11.6 Å². The van der Waals surface area contributed by atoms with Crippen LogP contribution < -0.4 is 10.6 Å². The summed E-state index contributed by atoms with van der Waals surface area (Å²) in [6.07, 6.45) is 1.05. The summed E-state index contributed by atoms with van der Waals surface area (Å²) in [6, 6.07) is 11.2. The molecule has 0 aromatic heterocycles. The number of benzene rings is 2. The van der Waals surface area contributed by atoms with Crippen molar-refractivity contribution in [1.29, 1.82) is 0 Å². The Kier molecular flexibility index (Phi) is 5.21. The van der Waals surface area contributed by atoms with Gasteiger partial charge in [-0.15, -0.1) is 0 Å². The van der Waals surface area contributed by atoms with Crippen molar-refractivity contribution < 1.29 is 9.59 Å². The van der Waals surface area contributed by atoms with E-state index in [1.54, 1.807) is 6.07 Å². The number of halogens is 2. The van der Waals surface area contributed by atoms with Gasteiger partial charge in [-0.05, 0) is 47.4 Å². The van der Waals surface area contributed by atoms with E-state index in [0.29, 0.717) is 23.7 Å². The molecule has 2 aromatic carbocycles. The van der Waals surface area contributed by atoms with Gasteiger partial charge < -0.3 is 10.6 Å². The number of nitrogens with one attached hydrogen (secondary N) is 2. The van der Waals surface area contributed by atoms with Crippen LogP contribution in [0.1, 0.15) is 27.0 Å². The molecule has 0 atom stereocenters. The molecule has 0 saturated heterocycles. The second-order valence-electron chi connectivity index (χ2n) is 5.69. The molecule has 0 unspecified atom stereocenters. The van der Waals surface area contributed by atoms with E-state index < -0.39 is 0 Å². The van der Waals surface area contributed by atoms with Crippen molar-refractivity contribution in [2.75, 3.05) is 6.54 Å². The number of amides is 2. The Labute approximate surface area is 153 Å². The van der Waals surface area contributed by atoms with E-state index in [2.05, 4.69) is 26.6 Å². The maximum Gasteiger partial charge on any atom is 0.251 e. The second-order valence-corrected chi connectivity index (χ2v) is 7.01. The van der Waals surface area contributed by atoms with Crippen LogP contribution in [0, 0.1) is 0 Å². The van der Waals surface area contributed by atoms with E-state index in [1.165, 1.54) is 0 Å². The van der Waals surface area contributed by atoms with E-state index in [-0.39, 0.29) is 18.2 Å². The van der Waals surface area contributed by atoms with Gasteiger partial charge in [0.2, 0.25) is 5.91 Å². The lowest BCUT2D eigenvalue weighted by molar-refractivity contribution is -0.120. The Bertz CT molecular complexity index is 808. The van der Waals surface area contributed by atoms with Crippen LogP contribution >= 0.6 is 27.5 Å². The molecule has 4 nitrogen and oxygen atoms in total. The number of carbonyl (C=O) groups is 2. The largest absolute Gasteiger partial charge is 0.352 e. The third-order valence-corrected chi connectivity index (χ3v) is 4.81. The van der Waals surface area contributed by atoms with Gasteiger partial charge in [0, 0.05) is 28.1 Å². The van der Waals surface area contributed by atoms with Gasteiger partial charge in [0.15, 0.2) is 0 Å². The van der Waals surface area contributed by atoms with Crippen LogP contribution in [-0.2, 0) is 24.2 Å². The van der Waals surface area contributed by atoms with E-state index in [1.807, 2.05) is 30.3 Å². The normalized spacial score (nSPS) is 13.2. The maximum atomic E-state index is 12.1. The lowest BCUT2D eigenvalue weighted by Gasteiger charge is -2.17. The molecule has 1 aliphatic rings. The fourth-order valence-electron chi connectivity index (χ4n) is 2.68. The fraction of sp³-hybridized carbons (Fsp3) is 0.222. The zero-order valence-corrected chi connectivity index (χ0v) is 15.2. The first-order valence-corrected chi connectivity index (χ1v) is 8.80. The first kappa shape index (κ1) is 17.0. The number of fused-ring (bicyclic) bond motifs is 1. The third-order valence-electron chi connectivity index (χ3n) is 3.95. The molecule has 0 aliphatic carbocycles. The van der Waals surface area contributed by atoms with E-state index >= 15 is 0 Å². The van der Waals surface area contributed by atoms with Crippen LogP contribution in [0.4, 0.5) is 0 Å². The molecular formula is C18H16BrClN2O2. The molecule has 0 saturated carbocycles. The summed E-state index contributed by atoms with van der Waals surface area (Å²) in [5.41, 5.74) is 3.42. The Morgan fingerprint density at radius 2 is 2.08 bits per heavy atom. The van der Waals surface area contributed by atoms with Crippen LogP contribution in [0.25, 0.3) is 0 Å². The van der Waals surface area contributed by atoms with Gasteiger partial charge >= 0.3 is 0 Å². The standard InChI is InChI=1S/C18H16BrClN2O2/c19-14-3-4-16(20)13(8-14)9-17(23)22-10-11-1-2-12-5-6-21-18(24)15(12)7-11/h1-4,7-8H,5-6,9-10H2,(H,21,24)(H,22,23). The topological polar surface area (TPSA) is 58.2 Å². The van der Waals surface area contributed by atoms with Crippen LogP contribution in [0.3, 0.4) is 0 Å². The summed E-state index contributed by atoms with van der Waals surface area (Å²) in [5, 5.41) is 6.27. The van der Waals surface area contributed by atoms with Crippen molar-refractivity contribution in [2.45, 2.75) is 19.4 Å². The molecule has 24 heavy (non-hydrogen) atoms. The molecule has 0 spiro atoms. The summed E-state index contributed by atoms with van der Waals surface area (Å²) in [5.74, 6) is -0.164.